The molecule has 0 atom stereocenters. The van der Waals surface area contributed by atoms with Gasteiger partial charge in [-0.3, -0.25) is 0 Å². The molecule has 0 radical (unpaired) electrons. The number of anilines is 3. The van der Waals surface area contributed by atoms with E-state index in [0.717, 1.165) is 54.4 Å². The van der Waals surface area contributed by atoms with Gasteiger partial charge in [-0.1, -0.05) is 67.3 Å². The quantitative estimate of drug-likeness (QED) is 0.205. The molecular formula is C30H32F3N7O. The number of nitrogens with zero attached hydrogens (tertiary/aromatic N) is 4. The number of benzene rings is 3. The second kappa shape index (κ2) is 12.4. The summed E-state index contributed by atoms with van der Waals surface area (Å²) in [6.07, 6.45) is -0.655. The van der Waals surface area contributed by atoms with Crippen LogP contribution in [0.3, 0.4) is 0 Å². The van der Waals surface area contributed by atoms with Gasteiger partial charge in [0.25, 0.3) is 0 Å². The Kier molecular flexibility index (Phi) is 8.51. The molecule has 41 heavy (non-hydrogen) atoms. The maximum absolute atomic E-state index is 13.4. The van der Waals surface area contributed by atoms with E-state index in [0.29, 0.717) is 22.9 Å². The van der Waals surface area contributed by atoms with Gasteiger partial charge in [-0.05, 0) is 60.4 Å². The van der Waals surface area contributed by atoms with E-state index in [1.54, 1.807) is 24.3 Å². The lowest BCUT2D eigenvalue weighted by atomic mass is 9.92. The number of hydrogen-bond acceptors (Lipinski definition) is 5. The third-order valence-corrected chi connectivity index (χ3v) is 7.34. The normalized spacial score (nSPS) is 14.0. The van der Waals surface area contributed by atoms with Crippen molar-refractivity contribution in [2.45, 2.75) is 57.7 Å². The van der Waals surface area contributed by atoms with E-state index in [2.05, 4.69) is 31.3 Å². The van der Waals surface area contributed by atoms with Crippen molar-refractivity contribution in [2.75, 3.05) is 22.1 Å². The second-order valence-electron chi connectivity index (χ2n) is 10.3. The summed E-state index contributed by atoms with van der Waals surface area (Å²) in [4.78, 5) is 15.0. The zero-order chi connectivity index (χ0) is 28.8. The number of halogens is 3. The van der Waals surface area contributed by atoms with E-state index in [1.807, 2.05) is 54.3 Å². The molecule has 214 valence electrons. The predicted molar refractivity (Wildman–Crippen MR) is 154 cm³/mol. The van der Waals surface area contributed by atoms with Gasteiger partial charge in [0.2, 0.25) is 5.82 Å². The number of rotatable bonds is 8. The fourth-order valence-electron chi connectivity index (χ4n) is 5.32. The molecule has 1 fully saturated rings. The van der Waals surface area contributed by atoms with Crippen LogP contribution < -0.4 is 15.5 Å². The van der Waals surface area contributed by atoms with Crippen molar-refractivity contribution < 1.29 is 18.0 Å². The molecule has 4 aromatic rings. The van der Waals surface area contributed by atoms with Crippen LogP contribution >= 0.6 is 0 Å². The van der Waals surface area contributed by atoms with Crippen LogP contribution in [0.4, 0.5) is 35.0 Å². The van der Waals surface area contributed by atoms with Crippen molar-refractivity contribution in [1.29, 1.82) is 0 Å². The minimum atomic E-state index is -4.30. The summed E-state index contributed by atoms with van der Waals surface area (Å²) in [5, 5.41) is 20.1. The lowest BCUT2D eigenvalue weighted by Crippen LogP contribution is -2.39. The molecule has 1 aliphatic carbocycles. The highest BCUT2D eigenvalue weighted by atomic mass is 19.4. The minimum absolute atomic E-state index is 0.0516. The molecule has 0 saturated heterocycles. The first-order valence-corrected chi connectivity index (χ1v) is 13.7. The van der Waals surface area contributed by atoms with Crippen LogP contribution in [0.5, 0.6) is 0 Å². The maximum atomic E-state index is 13.4. The molecule has 1 aliphatic rings. The van der Waals surface area contributed by atoms with Crippen molar-refractivity contribution in [2.24, 2.45) is 0 Å². The van der Waals surface area contributed by atoms with E-state index in [4.69, 9.17) is 0 Å². The van der Waals surface area contributed by atoms with Crippen LogP contribution in [0, 0.1) is 6.92 Å². The van der Waals surface area contributed by atoms with E-state index >= 15 is 0 Å². The molecule has 0 unspecified atom stereocenters. The second-order valence-corrected chi connectivity index (χ2v) is 10.3. The average molecular weight is 564 g/mol. The van der Waals surface area contributed by atoms with Gasteiger partial charge in [-0.15, -0.1) is 10.2 Å². The van der Waals surface area contributed by atoms with Crippen LogP contribution in [0.2, 0.25) is 0 Å². The van der Waals surface area contributed by atoms with Crippen molar-refractivity contribution in [1.82, 2.24) is 20.6 Å². The molecule has 8 nitrogen and oxygen atoms in total. The van der Waals surface area contributed by atoms with E-state index < -0.39 is 18.6 Å². The Hall–Kier alpha value is -4.41. The zero-order valence-electron chi connectivity index (χ0n) is 22.7. The number of urea groups is 1. The number of alkyl halides is 3. The Bertz CT molecular complexity index is 1450. The number of aromatic amines is 1. The molecule has 0 aliphatic heterocycles. The number of nitrogens with one attached hydrogen (secondary N) is 3. The highest BCUT2D eigenvalue weighted by molar-refractivity contribution is 6.02. The smallest absolute Gasteiger partial charge is 0.367 e. The molecule has 1 heterocycles. The van der Waals surface area contributed by atoms with Gasteiger partial charge < -0.3 is 15.5 Å². The lowest BCUT2D eigenvalue weighted by Gasteiger charge is -2.37. The monoisotopic (exact) mass is 563 g/mol. The van der Waals surface area contributed by atoms with Crippen LogP contribution in [-0.2, 0) is 0 Å². The average Bonchev–Trinajstić information content (AvgIpc) is 3.50. The number of amides is 2. The molecule has 0 spiro atoms. The van der Waals surface area contributed by atoms with E-state index in [1.165, 1.54) is 0 Å². The molecule has 1 aromatic heterocycles. The maximum Gasteiger partial charge on any atom is 0.390 e. The first kappa shape index (κ1) is 28.1. The SMILES string of the molecule is Cc1ccc(NC(=O)Nc2cc(-c3ccccc3-c3nn[nH]n3)ccc2N(CCC(F)(F)F)C2CCCCC2)cc1. The van der Waals surface area contributed by atoms with Gasteiger partial charge >= 0.3 is 12.2 Å². The summed E-state index contributed by atoms with van der Waals surface area (Å²) in [7, 11) is 0. The van der Waals surface area contributed by atoms with Crippen molar-refractivity contribution >= 4 is 23.1 Å². The first-order valence-electron chi connectivity index (χ1n) is 13.7. The number of H-pyrrole nitrogens is 1. The van der Waals surface area contributed by atoms with Gasteiger partial charge in [0.05, 0.1) is 17.8 Å². The number of carbonyl (C=O) groups excluding carboxylic acids is 1. The number of hydrogen-bond donors (Lipinski definition) is 3. The number of tetrazole rings is 1. The third kappa shape index (κ3) is 7.22. The van der Waals surface area contributed by atoms with Crippen LogP contribution in [0.1, 0.15) is 44.1 Å². The van der Waals surface area contributed by atoms with Crippen molar-refractivity contribution in [3.8, 4) is 22.5 Å². The van der Waals surface area contributed by atoms with Crippen LogP contribution in [0.25, 0.3) is 22.5 Å². The Morgan fingerprint density at radius 3 is 2.39 bits per heavy atom. The Morgan fingerprint density at radius 2 is 1.71 bits per heavy atom. The molecule has 11 heteroatoms. The molecule has 0 bridgehead atoms. The van der Waals surface area contributed by atoms with E-state index in [-0.39, 0.29) is 12.6 Å². The number of aromatic nitrogens is 4. The fraction of sp³-hybridized carbons (Fsp3) is 0.333. The summed E-state index contributed by atoms with van der Waals surface area (Å²) in [6, 6.07) is 19.8. The molecule has 3 N–H and O–H groups in total. The van der Waals surface area contributed by atoms with Crippen LogP contribution in [0.15, 0.2) is 66.7 Å². The van der Waals surface area contributed by atoms with Gasteiger partial charge in [0, 0.05) is 23.8 Å². The molecule has 3 aromatic carbocycles. The largest absolute Gasteiger partial charge is 0.390 e. The summed E-state index contributed by atoms with van der Waals surface area (Å²) in [6.45, 7) is 1.76. The molecule has 1 saturated carbocycles. The lowest BCUT2D eigenvalue weighted by molar-refractivity contribution is -0.132. The number of aryl methyl sites for hydroxylation is 1. The summed E-state index contributed by atoms with van der Waals surface area (Å²) in [5.41, 5.74) is 4.91. The topological polar surface area (TPSA) is 98.8 Å². The number of carbonyl (C=O) groups is 1. The van der Waals surface area contributed by atoms with Gasteiger partial charge in [0.15, 0.2) is 0 Å². The Balaban J connectivity index is 1.54. The summed E-state index contributed by atoms with van der Waals surface area (Å²) in [5.74, 6) is 0.408. The third-order valence-electron chi connectivity index (χ3n) is 7.34. The van der Waals surface area contributed by atoms with Crippen molar-refractivity contribution in [3.63, 3.8) is 0 Å². The molecule has 2 amide bonds. The van der Waals surface area contributed by atoms with Gasteiger partial charge in [0.1, 0.15) is 0 Å². The Morgan fingerprint density at radius 1 is 0.976 bits per heavy atom. The Labute approximate surface area is 236 Å². The molecular weight excluding hydrogens is 531 g/mol. The molecule has 5 rings (SSSR count). The van der Waals surface area contributed by atoms with Gasteiger partial charge in [-0.25, -0.2) is 4.79 Å². The summed E-state index contributed by atoms with van der Waals surface area (Å²) < 4.78 is 40.3. The fourth-order valence-corrected chi connectivity index (χ4v) is 5.32. The van der Waals surface area contributed by atoms with Crippen molar-refractivity contribution in [3.05, 3.63) is 72.3 Å². The summed E-state index contributed by atoms with van der Waals surface area (Å²) >= 11 is 0. The standard InChI is InChI=1S/C30H32F3N7O/c1-20-11-14-22(15-12-20)34-29(41)35-26-19-21(24-9-5-6-10-25(24)28-36-38-39-37-28)13-16-27(26)40(18-17-30(31,32)33)23-7-3-2-4-8-23/h5-6,9-16,19,23H,2-4,7-8,17-18H2,1H3,(H2,34,35,41)(H,36,37,38,39). The minimum Gasteiger partial charge on any atom is -0.367 e. The van der Waals surface area contributed by atoms with Crippen LogP contribution in [-0.4, -0.2) is 45.4 Å². The highest BCUT2D eigenvalue weighted by Gasteiger charge is 2.31. The van der Waals surface area contributed by atoms with Gasteiger partial charge in [-0.2, -0.15) is 18.4 Å². The zero-order valence-corrected chi connectivity index (χ0v) is 22.7. The van der Waals surface area contributed by atoms with E-state index in [9.17, 15) is 18.0 Å². The first-order chi connectivity index (χ1) is 19.8. The predicted octanol–water partition coefficient (Wildman–Crippen LogP) is 7.58. The highest BCUT2D eigenvalue weighted by Crippen LogP contribution is 2.39.